The molecule has 0 aliphatic carbocycles. The normalized spacial score (nSPS) is 14.4. The van der Waals surface area contributed by atoms with Crippen molar-refractivity contribution in [2.75, 3.05) is 50.2 Å². The van der Waals surface area contributed by atoms with Crippen LogP contribution in [0.4, 0.5) is 11.5 Å². The van der Waals surface area contributed by atoms with Gasteiger partial charge >= 0.3 is 0 Å². The molecule has 1 aromatic carbocycles. The number of anilines is 2. The van der Waals surface area contributed by atoms with Crippen LogP contribution < -0.4 is 9.80 Å². The smallest absolute Gasteiger partial charge is 0.128 e. The van der Waals surface area contributed by atoms with E-state index >= 15 is 0 Å². The number of benzene rings is 1. The minimum Gasteiger partial charge on any atom is -0.378 e. The molecule has 152 valence electrons. The molecule has 6 heteroatoms. The van der Waals surface area contributed by atoms with Crippen molar-refractivity contribution < 1.29 is 4.74 Å². The van der Waals surface area contributed by atoms with E-state index in [1.54, 1.807) is 0 Å². The molecular weight excluding hydrogens is 362 g/mol. The summed E-state index contributed by atoms with van der Waals surface area (Å²) in [5.74, 6) is 1.33. The molecule has 0 saturated carbocycles. The van der Waals surface area contributed by atoms with Crippen LogP contribution in [-0.4, -0.2) is 55.2 Å². The zero-order chi connectivity index (χ0) is 20.4. The highest BCUT2D eigenvalue weighted by atomic mass is 16.5. The Morgan fingerprint density at radius 2 is 1.86 bits per heavy atom. The Morgan fingerprint density at radius 3 is 2.52 bits per heavy atom. The molecule has 0 spiro atoms. The average molecular weight is 392 g/mol. The van der Waals surface area contributed by atoms with Gasteiger partial charge in [-0.15, -0.1) is 0 Å². The fourth-order valence-electron chi connectivity index (χ4n) is 3.61. The summed E-state index contributed by atoms with van der Waals surface area (Å²) in [6.45, 7) is 7.68. The van der Waals surface area contributed by atoms with Gasteiger partial charge in [-0.2, -0.15) is 5.10 Å². The van der Waals surface area contributed by atoms with Gasteiger partial charge in [-0.25, -0.2) is 9.67 Å². The summed E-state index contributed by atoms with van der Waals surface area (Å²) in [6, 6.07) is 12.7. The Hall–Kier alpha value is -2.86. The Balaban J connectivity index is 1.67. The predicted molar refractivity (Wildman–Crippen MR) is 118 cm³/mol. The minimum absolute atomic E-state index is 0.321. The number of hydrogen-bond donors (Lipinski definition) is 0. The minimum atomic E-state index is 0.321. The van der Waals surface area contributed by atoms with E-state index in [0.29, 0.717) is 5.92 Å². The number of ether oxygens (including phenoxy) is 1. The summed E-state index contributed by atoms with van der Waals surface area (Å²) in [4.78, 5) is 9.10. The molecule has 6 nitrogen and oxygen atoms in total. The van der Waals surface area contributed by atoms with Crippen LogP contribution in [0.3, 0.4) is 0 Å². The highest BCUT2D eigenvalue weighted by molar-refractivity contribution is 5.67. The summed E-state index contributed by atoms with van der Waals surface area (Å²) in [5, 5.41) is 4.91. The van der Waals surface area contributed by atoms with E-state index in [-0.39, 0.29) is 0 Å². The maximum absolute atomic E-state index is 5.44. The quantitative estimate of drug-likeness (QED) is 0.659. The average Bonchev–Trinajstić information content (AvgIpc) is 3.20. The maximum Gasteiger partial charge on any atom is 0.128 e. The Kier molecular flexibility index (Phi) is 5.53. The van der Waals surface area contributed by atoms with Crippen LogP contribution in [-0.2, 0) is 4.74 Å². The Morgan fingerprint density at radius 1 is 1.07 bits per heavy atom. The molecule has 4 rings (SSSR count). The molecule has 3 aromatic rings. The second-order valence-electron chi connectivity index (χ2n) is 7.95. The highest BCUT2D eigenvalue weighted by Crippen LogP contribution is 2.30. The zero-order valence-electron chi connectivity index (χ0n) is 17.7. The van der Waals surface area contributed by atoms with Crippen LogP contribution in [0.25, 0.3) is 16.8 Å². The van der Waals surface area contributed by atoms with E-state index in [4.69, 9.17) is 14.8 Å². The second kappa shape index (κ2) is 8.25. The van der Waals surface area contributed by atoms with Gasteiger partial charge < -0.3 is 14.5 Å². The van der Waals surface area contributed by atoms with Gasteiger partial charge in [0.2, 0.25) is 0 Å². The Bertz CT molecular complexity index is 956. The maximum atomic E-state index is 5.44. The lowest BCUT2D eigenvalue weighted by atomic mass is 10.0. The van der Waals surface area contributed by atoms with Crippen LogP contribution in [0.5, 0.6) is 0 Å². The molecule has 1 fully saturated rings. The van der Waals surface area contributed by atoms with Crippen molar-refractivity contribution in [3.8, 4) is 16.8 Å². The molecule has 0 bridgehead atoms. The van der Waals surface area contributed by atoms with Crippen molar-refractivity contribution in [1.82, 2.24) is 14.8 Å². The molecule has 29 heavy (non-hydrogen) atoms. The molecule has 1 saturated heterocycles. The number of rotatable bonds is 5. The fourth-order valence-corrected chi connectivity index (χ4v) is 3.61. The number of morpholine rings is 1. The standard InChI is InChI=1S/C23H29N5O/c1-17(2)23-21(16-28(25-23)20-7-5-6-19(14-20)26(3)4)18-8-9-22(24-15-18)27-10-12-29-13-11-27/h5-9,14-17H,10-13H2,1-4H3. The van der Waals surface area contributed by atoms with Gasteiger partial charge in [0, 0.05) is 56.4 Å². The van der Waals surface area contributed by atoms with E-state index in [0.717, 1.165) is 60.3 Å². The van der Waals surface area contributed by atoms with Crippen LogP contribution >= 0.6 is 0 Å². The Labute approximate surface area is 172 Å². The third-order valence-electron chi connectivity index (χ3n) is 5.29. The van der Waals surface area contributed by atoms with Crippen LogP contribution in [0.1, 0.15) is 25.5 Å². The zero-order valence-corrected chi connectivity index (χ0v) is 17.7. The molecule has 0 atom stereocenters. The lowest BCUT2D eigenvalue weighted by Gasteiger charge is -2.27. The first-order valence-corrected chi connectivity index (χ1v) is 10.2. The fraction of sp³-hybridized carbons (Fsp3) is 0.391. The summed E-state index contributed by atoms with van der Waals surface area (Å²) < 4.78 is 7.42. The molecule has 1 aliphatic rings. The van der Waals surface area contributed by atoms with Crippen molar-refractivity contribution in [2.24, 2.45) is 0 Å². The molecule has 2 aromatic heterocycles. The van der Waals surface area contributed by atoms with Gasteiger partial charge in [0.05, 0.1) is 24.6 Å². The first-order chi connectivity index (χ1) is 14.0. The van der Waals surface area contributed by atoms with Gasteiger partial charge in [-0.3, -0.25) is 0 Å². The van der Waals surface area contributed by atoms with Gasteiger partial charge in [0.15, 0.2) is 0 Å². The van der Waals surface area contributed by atoms with Crippen molar-refractivity contribution in [3.05, 3.63) is 54.5 Å². The number of hydrogen-bond acceptors (Lipinski definition) is 5. The van der Waals surface area contributed by atoms with E-state index in [9.17, 15) is 0 Å². The monoisotopic (exact) mass is 391 g/mol. The number of nitrogens with zero attached hydrogens (tertiary/aromatic N) is 5. The molecule has 3 heterocycles. The number of aromatic nitrogens is 3. The van der Waals surface area contributed by atoms with Crippen LogP contribution in [0, 0.1) is 0 Å². The molecule has 1 aliphatic heterocycles. The van der Waals surface area contributed by atoms with Crippen molar-refractivity contribution in [3.63, 3.8) is 0 Å². The summed E-state index contributed by atoms with van der Waals surface area (Å²) in [6.07, 6.45) is 4.09. The molecular formula is C23H29N5O. The van der Waals surface area contributed by atoms with Crippen molar-refractivity contribution in [2.45, 2.75) is 19.8 Å². The lowest BCUT2D eigenvalue weighted by molar-refractivity contribution is 0.122. The first kappa shape index (κ1) is 19.5. The molecule has 0 amide bonds. The molecule has 0 radical (unpaired) electrons. The van der Waals surface area contributed by atoms with E-state index in [1.165, 1.54) is 0 Å². The third kappa shape index (κ3) is 4.12. The van der Waals surface area contributed by atoms with Crippen LogP contribution in [0.15, 0.2) is 48.8 Å². The topological polar surface area (TPSA) is 46.4 Å². The second-order valence-corrected chi connectivity index (χ2v) is 7.95. The van der Waals surface area contributed by atoms with E-state index in [1.807, 2.05) is 10.9 Å². The SMILES string of the molecule is CC(C)c1nn(-c2cccc(N(C)C)c2)cc1-c1ccc(N2CCOCC2)nc1. The summed E-state index contributed by atoms with van der Waals surface area (Å²) >= 11 is 0. The molecule has 0 N–H and O–H groups in total. The van der Waals surface area contributed by atoms with Crippen molar-refractivity contribution in [1.29, 1.82) is 0 Å². The van der Waals surface area contributed by atoms with Gasteiger partial charge in [-0.1, -0.05) is 19.9 Å². The van der Waals surface area contributed by atoms with Gasteiger partial charge in [-0.05, 0) is 36.2 Å². The van der Waals surface area contributed by atoms with Crippen molar-refractivity contribution >= 4 is 11.5 Å². The highest BCUT2D eigenvalue weighted by Gasteiger charge is 2.17. The van der Waals surface area contributed by atoms with Gasteiger partial charge in [0.25, 0.3) is 0 Å². The number of pyridine rings is 1. The van der Waals surface area contributed by atoms with E-state index in [2.05, 4.69) is 80.3 Å². The predicted octanol–water partition coefficient (Wildman–Crippen LogP) is 3.96. The third-order valence-corrected chi connectivity index (χ3v) is 5.29. The first-order valence-electron chi connectivity index (χ1n) is 10.2. The largest absolute Gasteiger partial charge is 0.378 e. The lowest BCUT2D eigenvalue weighted by Crippen LogP contribution is -2.36. The summed E-state index contributed by atoms with van der Waals surface area (Å²) in [5.41, 5.74) is 5.53. The molecule has 0 unspecified atom stereocenters. The van der Waals surface area contributed by atoms with Crippen LogP contribution in [0.2, 0.25) is 0 Å². The van der Waals surface area contributed by atoms with E-state index < -0.39 is 0 Å². The summed E-state index contributed by atoms with van der Waals surface area (Å²) in [7, 11) is 4.10. The van der Waals surface area contributed by atoms with Gasteiger partial charge in [0.1, 0.15) is 5.82 Å².